The summed E-state index contributed by atoms with van der Waals surface area (Å²) in [4.78, 5) is 12.2. The molecular formula is C14H8BrClF2O. The average molecular weight is 346 g/mol. The maximum absolute atomic E-state index is 13.8. The van der Waals surface area contributed by atoms with Gasteiger partial charge in [0, 0.05) is 15.1 Å². The van der Waals surface area contributed by atoms with Crippen LogP contribution in [0.15, 0.2) is 34.8 Å². The topological polar surface area (TPSA) is 17.1 Å². The largest absolute Gasteiger partial charge is 0.288 e. The van der Waals surface area contributed by atoms with Crippen LogP contribution >= 0.6 is 27.5 Å². The van der Waals surface area contributed by atoms with Gasteiger partial charge in [0.15, 0.2) is 17.4 Å². The summed E-state index contributed by atoms with van der Waals surface area (Å²) in [5, 5.41) is 0.347. The second-order valence-electron chi connectivity index (χ2n) is 4.01. The molecule has 0 aliphatic carbocycles. The van der Waals surface area contributed by atoms with Crippen LogP contribution in [0.25, 0.3) is 0 Å². The minimum atomic E-state index is -1.14. The SMILES string of the molecule is Cc1ccc(C(=O)c2cc(Cl)ccc2Br)c(F)c1F. The van der Waals surface area contributed by atoms with Crippen molar-refractivity contribution in [2.24, 2.45) is 0 Å². The van der Waals surface area contributed by atoms with E-state index in [1.165, 1.54) is 25.1 Å². The molecule has 2 aromatic rings. The van der Waals surface area contributed by atoms with Gasteiger partial charge in [0.25, 0.3) is 0 Å². The maximum Gasteiger partial charge on any atom is 0.197 e. The Kier molecular flexibility index (Phi) is 4.02. The van der Waals surface area contributed by atoms with E-state index in [-0.39, 0.29) is 16.7 Å². The second-order valence-corrected chi connectivity index (χ2v) is 5.30. The Bertz CT molecular complexity index is 671. The Morgan fingerprint density at radius 1 is 1.11 bits per heavy atom. The zero-order chi connectivity index (χ0) is 14.2. The highest BCUT2D eigenvalue weighted by Gasteiger charge is 2.20. The number of carbonyl (C=O) groups is 1. The Hall–Kier alpha value is -1.26. The highest BCUT2D eigenvalue weighted by molar-refractivity contribution is 9.10. The molecule has 0 saturated heterocycles. The van der Waals surface area contributed by atoms with Crippen LogP contribution < -0.4 is 0 Å². The number of carbonyl (C=O) groups excluding carboxylic acids is 1. The second kappa shape index (κ2) is 5.39. The molecule has 0 atom stereocenters. The van der Waals surface area contributed by atoms with E-state index in [0.29, 0.717) is 9.50 Å². The van der Waals surface area contributed by atoms with Gasteiger partial charge in [-0.15, -0.1) is 0 Å². The number of hydrogen-bond acceptors (Lipinski definition) is 1. The van der Waals surface area contributed by atoms with Crippen LogP contribution in [-0.2, 0) is 0 Å². The van der Waals surface area contributed by atoms with E-state index in [9.17, 15) is 13.6 Å². The maximum atomic E-state index is 13.8. The summed E-state index contributed by atoms with van der Waals surface area (Å²) in [5.74, 6) is -2.77. The van der Waals surface area contributed by atoms with E-state index >= 15 is 0 Å². The van der Waals surface area contributed by atoms with Crippen molar-refractivity contribution in [1.29, 1.82) is 0 Å². The number of hydrogen-bond donors (Lipinski definition) is 0. The minimum absolute atomic E-state index is 0.152. The van der Waals surface area contributed by atoms with Crippen molar-refractivity contribution in [2.45, 2.75) is 6.92 Å². The van der Waals surface area contributed by atoms with Gasteiger partial charge in [-0.3, -0.25) is 4.79 Å². The molecule has 0 amide bonds. The van der Waals surface area contributed by atoms with Crippen LogP contribution in [0, 0.1) is 18.6 Å². The number of benzene rings is 2. The lowest BCUT2D eigenvalue weighted by Crippen LogP contribution is -2.07. The Morgan fingerprint density at radius 2 is 1.79 bits per heavy atom. The standard InChI is InChI=1S/C14H8BrClF2O/c1-7-2-4-9(13(18)12(7)17)14(19)10-6-8(16)3-5-11(10)15/h2-6H,1H3. The van der Waals surface area contributed by atoms with Crippen molar-refractivity contribution in [1.82, 2.24) is 0 Å². The first-order valence-electron chi connectivity index (χ1n) is 5.36. The van der Waals surface area contributed by atoms with Gasteiger partial charge in [-0.05, 0) is 36.8 Å². The van der Waals surface area contributed by atoms with Crippen molar-refractivity contribution >= 4 is 33.3 Å². The van der Waals surface area contributed by atoms with Gasteiger partial charge in [0.2, 0.25) is 0 Å². The molecule has 0 fully saturated rings. The predicted molar refractivity (Wildman–Crippen MR) is 73.7 cm³/mol. The van der Waals surface area contributed by atoms with Crippen molar-refractivity contribution in [3.8, 4) is 0 Å². The predicted octanol–water partition coefficient (Wildman–Crippen LogP) is 4.92. The number of halogens is 4. The summed E-state index contributed by atoms with van der Waals surface area (Å²) in [5.41, 5.74) is 0.0277. The van der Waals surface area contributed by atoms with Crippen LogP contribution in [0.3, 0.4) is 0 Å². The fourth-order valence-electron chi connectivity index (χ4n) is 1.64. The third-order valence-electron chi connectivity index (χ3n) is 2.69. The van der Waals surface area contributed by atoms with Crippen molar-refractivity contribution < 1.29 is 13.6 Å². The number of rotatable bonds is 2. The molecule has 0 N–H and O–H groups in total. The minimum Gasteiger partial charge on any atom is -0.288 e. The lowest BCUT2D eigenvalue weighted by Gasteiger charge is -2.07. The van der Waals surface area contributed by atoms with Crippen molar-refractivity contribution in [3.63, 3.8) is 0 Å². The van der Waals surface area contributed by atoms with Gasteiger partial charge in [-0.1, -0.05) is 33.6 Å². The fraction of sp³-hybridized carbons (Fsp3) is 0.0714. The summed E-state index contributed by atoms with van der Waals surface area (Å²) in [6.07, 6.45) is 0. The highest BCUT2D eigenvalue weighted by Crippen LogP contribution is 2.26. The molecule has 0 aliphatic heterocycles. The quantitative estimate of drug-likeness (QED) is 0.706. The van der Waals surface area contributed by atoms with Gasteiger partial charge < -0.3 is 0 Å². The van der Waals surface area contributed by atoms with E-state index in [1.807, 2.05) is 0 Å². The molecular weight excluding hydrogens is 338 g/mol. The molecule has 5 heteroatoms. The lowest BCUT2D eigenvalue weighted by molar-refractivity contribution is 0.103. The summed E-state index contributed by atoms with van der Waals surface area (Å²) in [6, 6.07) is 7.21. The van der Waals surface area contributed by atoms with Crippen LogP contribution in [0.2, 0.25) is 5.02 Å². The summed E-state index contributed by atoms with van der Waals surface area (Å²) in [6.45, 7) is 1.43. The monoisotopic (exact) mass is 344 g/mol. The summed E-state index contributed by atoms with van der Waals surface area (Å²) < 4.78 is 27.7. The highest BCUT2D eigenvalue weighted by atomic mass is 79.9. The average Bonchev–Trinajstić information content (AvgIpc) is 2.38. The van der Waals surface area contributed by atoms with Crippen molar-refractivity contribution in [3.05, 3.63) is 68.2 Å². The first kappa shape index (κ1) is 14.2. The van der Waals surface area contributed by atoms with Gasteiger partial charge in [-0.2, -0.15) is 0 Å². The van der Waals surface area contributed by atoms with E-state index in [4.69, 9.17) is 11.6 Å². The molecule has 0 saturated carbocycles. The zero-order valence-electron chi connectivity index (χ0n) is 9.81. The molecule has 0 radical (unpaired) electrons. The Morgan fingerprint density at radius 3 is 2.47 bits per heavy atom. The molecule has 0 aliphatic rings. The molecule has 0 unspecified atom stereocenters. The zero-order valence-corrected chi connectivity index (χ0v) is 12.1. The molecule has 0 aromatic heterocycles. The van der Waals surface area contributed by atoms with Gasteiger partial charge in [-0.25, -0.2) is 8.78 Å². The third-order valence-corrected chi connectivity index (χ3v) is 3.62. The summed E-state index contributed by atoms with van der Waals surface area (Å²) in [7, 11) is 0. The molecule has 2 aromatic carbocycles. The third kappa shape index (κ3) is 2.69. The normalized spacial score (nSPS) is 10.6. The van der Waals surface area contributed by atoms with Gasteiger partial charge in [0.1, 0.15) is 0 Å². The van der Waals surface area contributed by atoms with E-state index in [2.05, 4.69) is 15.9 Å². The molecule has 98 valence electrons. The first-order chi connectivity index (χ1) is 8.91. The van der Waals surface area contributed by atoms with Crippen molar-refractivity contribution in [2.75, 3.05) is 0 Å². The molecule has 2 rings (SSSR count). The molecule has 1 nitrogen and oxygen atoms in total. The summed E-state index contributed by atoms with van der Waals surface area (Å²) >= 11 is 8.99. The van der Waals surface area contributed by atoms with Crippen LogP contribution in [0.5, 0.6) is 0 Å². The van der Waals surface area contributed by atoms with E-state index in [1.54, 1.807) is 12.1 Å². The number of ketones is 1. The number of aryl methyl sites for hydroxylation is 1. The smallest absolute Gasteiger partial charge is 0.197 e. The van der Waals surface area contributed by atoms with Crippen LogP contribution in [-0.4, -0.2) is 5.78 Å². The van der Waals surface area contributed by atoms with Gasteiger partial charge in [0.05, 0.1) is 5.56 Å². The Balaban J connectivity index is 2.56. The van der Waals surface area contributed by atoms with Crippen LogP contribution in [0.4, 0.5) is 8.78 Å². The molecule has 0 heterocycles. The molecule has 0 bridgehead atoms. The van der Waals surface area contributed by atoms with Crippen LogP contribution in [0.1, 0.15) is 21.5 Å². The Labute approximate surface area is 122 Å². The first-order valence-corrected chi connectivity index (χ1v) is 6.53. The molecule has 19 heavy (non-hydrogen) atoms. The fourth-order valence-corrected chi connectivity index (χ4v) is 2.24. The van der Waals surface area contributed by atoms with E-state index in [0.717, 1.165) is 0 Å². The van der Waals surface area contributed by atoms with E-state index < -0.39 is 17.4 Å². The van der Waals surface area contributed by atoms with Gasteiger partial charge >= 0.3 is 0 Å². The lowest BCUT2D eigenvalue weighted by atomic mass is 10.0. The molecule has 0 spiro atoms.